The van der Waals surface area contributed by atoms with Gasteiger partial charge in [-0.3, -0.25) is 0 Å². The molecule has 90 valence electrons. The zero-order chi connectivity index (χ0) is 12.3. The first-order valence-corrected chi connectivity index (χ1v) is 6.56. The van der Waals surface area contributed by atoms with Crippen LogP contribution in [0.3, 0.4) is 0 Å². The van der Waals surface area contributed by atoms with Crippen molar-refractivity contribution in [2.75, 3.05) is 13.7 Å². The van der Waals surface area contributed by atoms with Gasteiger partial charge in [0.25, 0.3) is 0 Å². The molecule has 5 heteroatoms. The van der Waals surface area contributed by atoms with E-state index in [1.165, 1.54) is 7.11 Å². The summed E-state index contributed by atoms with van der Waals surface area (Å²) in [5.41, 5.74) is 6.28. The van der Waals surface area contributed by atoms with Crippen LogP contribution in [0.2, 0.25) is 0 Å². The molecule has 0 amide bonds. The molecule has 1 atom stereocenters. The highest BCUT2D eigenvalue weighted by Gasteiger charge is 2.25. The fourth-order valence-electron chi connectivity index (χ4n) is 1.35. The van der Waals surface area contributed by atoms with Gasteiger partial charge in [0.1, 0.15) is 10.6 Å². The summed E-state index contributed by atoms with van der Waals surface area (Å²) < 4.78 is 29.3. The highest BCUT2D eigenvalue weighted by atomic mass is 32.2. The number of methoxy groups -OCH3 is 1. The molecule has 2 N–H and O–H groups in total. The highest BCUT2D eigenvalue weighted by molar-refractivity contribution is 7.92. The summed E-state index contributed by atoms with van der Waals surface area (Å²) in [7, 11) is -1.95. The molecule has 1 rings (SSSR count). The molecule has 0 bridgehead atoms. The summed E-state index contributed by atoms with van der Waals surface area (Å²) in [4.78, 5) is 0.216. The Bertz CT molecular complexity index is 468. The van der Waals surface area contributed by atoms with Crippen molar-refractivity contribution in [3.63, 3.8) is 0 Å². The van der Waals surface area contributed by atoms with Crippen molar-refractivity contribution in [3.05, 3.63) is 23.8 Å². The van der Waals surface area contributed by atoms with Crippen molar-refractivity contribution < 1.29 is 13.2 Å². The highest BCUT2D eigenvalue weighted by Crippen LogP contribution is 2.27. The first-order chi connectivity index (χ1) is 7.43. The van der Waals surface area contributed by atoms with Crippen LogP contribution in [0.5, 0.6) is 5.75 Å². The van der Waals surface area contributed by atoms with E-state index in [-0.39, 0.29) is 11.4 Å². The van der Waals surface area contributed by atoms with E-state index in [2.05, 4.69) is 0 Å². The molecule has 0 saturated carbocycles. The van der Waals surface area contributed by atoms with E-state index in [4.69, 9.17) is 10.5 Å². The van der Waals surface area contributed by atoms with Crippen LogP contribution < -0.4 is 10.5 Å². The van der Waals surface area contributed by atoms with Crippen LogP contribution in [0.1, 0.15) is 12.5 Å². The Kier molecular flexibility index (Phi) is 3.93. The van der Waals surface area contributed by atoms with Gasteiger partial charge >= 0.3 is 0 Å². The van der Waals surface area contributed by atoms with Gasteiger partial charge < -0.3 is 10.5 Å². The maximum atomic E-state index is 12.1. The first kappa shape index (κ1) is 13.0. The SMILES string of the molecule is COc1ccc(C)cc1S(=O)(=O)C(C)CN. The van der Waals surface area contributed by atoms with Crippen molar-refractivity contribution >= 4 is 9.84 Å². The van der Waals surface area contributed by atoms with E-state index in [1.807, 2.05) is 13.0 Å². The normalized spacial score (nSPS) is 13.5. The molecule has 1 aromatic rings. The van der Waals surface area contributed by atoms with Gasteiger partial charge in [0.2, 0.25) is 0 Å². The molecule has 0 spiro atoms. The zero-order valence-electron chi connectivity index (χ0n) is 9.73. The van der Waals surface area contributed by atoms with Gasteiger partial charge in [-0.05, 0) is 31.5 Å². The molecular weight excluding hydrogens is 226 g/mol. The number of sulfone groups is 1. The standard InChI is InChI=1S/C11H17NO3S/c1-8-4-5-10(15-3)11(6-8)16(13,14)9(2)7-12/h4-6,9H,7,12H2,1-3H3. The number of benzene rings is 1. The number of nitrogens with two attached hydrogens (primary N) is 1. The predicted molar refractivity (Wildman–Crippen MR) is 63.4 cm³/mol. The maximum Gasteiger partial charge on any atom is 0.185 e. The van der Waals surface area contributed by atoms with Gasteiger partial charge in [-0.2, -0.15) is 0 Å². The Morgan fingerprint density at radius 1 is 1.44 bits per heavy atom. The fraction of sp³-hybridized carbons (Fsp3) is 0.455. The molecule has 0 aromatic heterocycles. The van der Waals surface area contributed by atoms with Crippen LogP contribution in [0.15, 0.2) is 23.1 Å². The number of aryl methyl sites for hydroxylation is 1. The van der Waals surface area contributed by atoms with Crippen molar-refractivity contribution in [2.45, 2.75) is 24.0 Å². The second-order valence-electron chi connectivity index (χ2n) is 3.75. The minimum atomic E-state index is -3.40. The lowest BCUT2D eigenvalue weighted by Gasteiger charge is -2.14. The van der Waals surface area contributed by atoms with E-state index >= 15 is 0 Å². The van der Waals surface area contributed by atoms with Gasteiger partial charge in [0.15, 0.2) is 9.84 Å². The van der Waals surface area contributed by atoms with E-state index in [0.717, 1.165) is 5.56 Å². The van der Waals surface area contributed by atoms with Crippen molar-refractivity contribution in [1.29, 1.82) is 0 Å². The van der Waals surface area contributed by atoms with Crippen molar-refractivity contribution in [1.82, 2.24) is 0 Å². The van der Waals surface area contributed by atoms with Gasteiger partial charge in [0.05, 0.1) is 12.4 Å². The van der Waals surface area contributed by atoms with Crippen molar-refractivity contribution in [2.24, 2.45) is 5.73 Å². The van der Waals surface area contributed by atoms with E-state index < -0.39 is 15.1 Å². The molecule has 0 saturated heterocycles. The van der Waals surface area contributed by atoms with Crippen LogP contribution in [0, 0.1) is 6.92 Å². The molecule has 4 nitrogen and oxygen atoms in total. The third kappa shape index (κ3) is 2.36. The Hall–Kier alpha value is -1.07. The molecule has 0 aliphatic heterocycles. The second kappa shape index (κ2) is 4.84. The van der Waals surface area contributed by atoms with Gasteiger partial charge in [-0.25, -0.2) is 8.42 Å². The summed E-state index contributed by atoms with van der Waals surface area (Å²) in [6.45, 7) is 3.53. The quantitative estimate of drug-likeness (QED) is 0.860. The lowest BCUT2D eigenvalue weighted by Crippen LogP contribution is -2.27. The second-order valence-corrected chi connectivity index (χ2v) is 6.08. The number of hydrogen-bond donors (Lipinski definition) is 1. The summed E-state index contributed by atoms with van der Waals surface area (Å²) in [6, 6.07) is 5.08. The number of hydrogen-bond acceptors (Lipinski definition) is 4. The smallest absolute Gasteiger partial charge is 0.185 e. The lowest BCUT2D eigenvalue weighted by atomic mass is 10.2. The minimum Gasteiger partial charge on any atom is -0.495 e. The molecule has 16 heavy (non-hydrogen) atoms. The van der Waals surface area contributed by atoms with Crippen molar-refractivity contribution in [3.8, 4) is 5.75 Å². The topological polar surface area (TPSA) is 69.4 Å². The minimum absolute atomic E-state index is 0.0967. The molecule has 0 aliphatic rings. The monoisotopic (exact) mass is 243 g/mol. The molecule has 0 radical (unpaired) electrons. The Morgan fingerprint density at radius 2 is 2.06 bits per heavy atom. The third-order valence-electron chi connectivity index (χ3n) is 2.49. The largest absolute Gasteiger partial charge is 0.495 e. The third-order valence-corrected chi connectivity index (χ3v) is 4.67. The molecule has 1 unspecified atom stereocenters. The van der Waals surface area contributed by atoms with Crippen LogP contribution >= 0.6 is 0 Å². The van der Waals surface area contributed by atoms with Crippen LogP contribution in [-0.4, -0.2) is 27.3 Å². The van der Waals surface area contributed by atoms with Gasteiger partial charge in [-0.1, -0.05) is 6.07 Å². The van der Waals surface area contributed by atoms with E-state index in [0.29, 0.717) is 5.75 Å². The average Bonchev–Trinajstić information content (AvgIpc) is 2.27. The molecule has 0 fully saturated rings. The molecular formula is C11H17NO3S. The summed E-state index contributed by atoms with van der Waals surface area (Å²) in [6.07, 6.45) is 0. The van der Waals surface area contributed by atoms with Gasteiger partial charge in [-0.15, -0.1) is 0 Å². The summed E-state index contributed by atoms with van der Waals surface area (Å²) in [5, 5.41) is -0.608. The Balaban J connectivity index is 3.37. The molecule has 0 aliphatic carbocycles. The fourth-order valence-corrected chi connectivity index (χ4v) is 2.82. The Labute approximate surface area is 96.3 Å². The molecule has 0 heterocycles. The average molecular weight is 243 g/mol. The first-order valence-electron chi connectivity index (χ1n) is 5.02. The maximum absolute atomic E-state index is 12.1. The predicted octanol–water partition coefficient (Wildman–Crippen LogP) is 1.12. The van der Waals surface area contributed by atoms with Gasteiger partial charge in [0, 0.05) is 6.54 Å². The number of ether oxygens (including phenoxy) is 1. The lowest BCUT2D eigenvalue weighted by molar-refractivity contribution is 0.402. The zero-order valence-corrected chi connectivity index (χ0v) is 10.5. The Morgan fingerprint density at radius 3 is 2.56 bits per heavy atom. The van der Waals surface area contributed by atoms with E-state index in [9.17, 15) is 8.42 Å². The molecule has 1 aromatic carbocycles. The van der Waals surface area contributed by atoms with Crippen LogP contribution in [0.4, 0.5) is 0 Å². The van der Waals surface area contributed by atoms with Crippen LogP contribution in [-0.2, 0) is 9.84 Å². The summed E-state index contributed by atoms with van der Waals surface area (Å²) >= 11 is 0. The summed E-state index contributed by atoms with van der Waals surface area (Å²) in [5.74, 6) is 0.367. The number of rotatable bonds is 4. The van der Waals surface area contributed by atoms with Crippen LogP contribution in [0.25, 0.3) is 0 Å². The van der Waals surface area contributed by atoms with E-state index in [1.54, 1.807) is 19.1 Å².